The van der Waals surface area contributed by atoms with Crippen LogP contribution in [0.15, 0.2) is 0 Å². The Morgan fingerprint density at radius 3 is 2.58 bits per heavy atom. The van der Waals surface area contributed by atoms with Crippen molar-refractivity contribution in [1.29, 1.82) is 0 Å². The second-order valence-electron chi connectivity index (χ2n) is 6.52. The van der Waals surface area contributed by atoms with Crippen molar-refractivity contribution in [3.63, 3.8) is 0 Å². The number of amides is 1. The number of ether oxygens (including phenoxy) is 3. The van der Waals surface area contributed by atoms with E-state index in [4.69, 9.17) is 14.2 Å². The Kier molecular flexibility index (Phi) is 3.53. The summed E-state index contributed by atoms with van der Waals surface area (Å²) in [6.07, 6.45) is -0.946. The number of nitrogens with zero attached hydrogens (tertiary/aromatic N) is 1. The molecule has 0 radical (unpaired) electrons. The van der Waals surface area contributed by atoms with E-state index in [1.54, 1.807) is 0 Å². The Balaban J connectivity index is 2.07. The number of carbonyl (C=O) groups excluding carboxylic acids is 1. The summed E-state index contributed by atoms with van der Waals surface area (Å²) in [5, 5.41) is 9.52. The Labute approximate surface area is 113 Å². The highest BCUT2D eigenvalue weighted by molar-refractivity contribution is 5.69. The van der Waals surface area contributed by atoms with Crippen molar-refractivity contribution in [3.05, 3.63) is 0 Å². The van der Waals surface area contributed by atoms with Crippen LogP contribution in [0.2, 0.25) is 0 Å². The third kappa shape index (κ3) is 3.01. The molecule has 0 aromatic carbocycles. The molecule has 6 heteroatoms. The van der Waals surface area contributed by atoms with E-state index in [-0.39, 0.29) is 18.8 Å². The van der Waals surface area contributed by atoms with Crippen LogP contribution >= 0.6 is 0 Å². The topological polar surface area (TPSA) is 68.2 Å². The molecule has 2 fully saturated rings. The van der Waals surface area contributed by atoms with Crippen molar-refractivity contribution in [2.24, 2.45) is 0 Å². The van der Waals surface area contributed by atoms with Gasteiger partial charge in [0.25, 0.3) is 0 Å². The lowest BCUT2D eigenvalue weighted by molar-refractivity contribution is -0.162. The zero-order chi connectivity index (χ0) is 14.4. The van der Waals surface area contributed by atoms with Gasteiger partial charge in [0.2, 0.25) is 0 Å². The van der Waals surface area contributed by atoms with Gasteiger partial charge in [0.15, 0.2) is 5.79 Å². The van der Waals surface area contributed by atoms with Crippen molar-refractivity contribution < 1.29 is 24.1 Å². The number of hydrogen-bond donors (Lipinski definition) is 1. The van der Waals surface area contributed by atoms with E-state index in [0.717, 1.165) is 0 Å². The van der Waals surface area contributed by atoms with Gasteiger partial charge in [-0.1, -0.05) is 0 Å². The second-order valence-corrected chi connectivity index (χ2v) is 6.52. The lowest BCUT2D eigenvalue weighted by atomic mass is 10.1. The summed E-state index contributed by atoms with van der Waals surface area (Å²) >= 11 is 0. The van der Waals surface area contributed by atoms with Gasteiger partial charge >= 0.3 is 6.09 Å². The normalized spacial score (nSPS) is 33.4. The lowest BCUT2D eigenvalue weighted by Gasteiger charge is -2.30. The molecule has 2 rings (SSSR count). The van der Waals surface area contributed by atoms with Crippen molar-refractivity contribution in [2.45, 2.75) is 64.3 Å². The van der Waals surface area contributed by atoms with Gasteiger partial charge in [0.1, 0.15) is 17.8 Å². The summed E-state index contributed by atoms with van der Waals surface area (Å²) in [5.41, 5.74) is -0.560. The standard InChI is InChI=1S/C13H23NO5/c1-12(2,3)19-11(16)14-6-9-10(8(14)7-15)18-13(4,5)17-9/h8-10,15H,6-7H2,1-5H3/t8-,9-,10-/m0/s1. The first-order valence-corrected chi connectivity index (χ1v) is 6.59. The minimum absolute atomic E-state index is 0.167. The van der Waals surface area contributed by atoms with Crippen LogP contribution in [0.3, 0.4) is 0 Å². The number of hydrogen-bond acceptors (Lipinski definition) is 5. The Morgan fingerprint density at radius 1 is 1.42 bits per heavy atom. The number of likely N-dealkylation sites (tertiary alicyclic amines) is 1. The third-order valence-corrected chi connectivity index (χ3v) is 3.19. The van der Waals surface area contributed by atoms with Gasteiger partial charge in [-0.3, -0.25) is 4.90 Å². The van der Waals surface area contributed by atoms with E-state index in [0.29, 0.717) is 6.54 Å². The molecule has 0 unspecified atom stereocenters. The van der Waals surface area contributed by atoms with Gasteiger partial charge in [0, 0.05) is 0 Å². The Bertz CT molecular complexity index is 363. The zero-order valence-electron chi connectivity index (χ0n) is 12.2. The van der Waals surface area contributed by atoms with Crippen LogP contribution in [0.4, 0.5) is 4.79 Å². The number of carbonyl (C=O) groups is 1. The number of fused-ring (bicyclic) bond motifs is 1. The monoisotopic (exact) mass is 273 g/mol. The van der Waals surface area contributed by atoms with Crippen LogP contribution in [0.5, 0.6) is 0 Å². The summed E-state index contributed by atoms with van der Waals surface area (Å²) < 4.78 is 16.8. The summed E-state index contributed by atoms with van der Waals surface area (Å²) in [5.74, 6) is -0.664. The molecular formula is C13H23NO5. The molecule has 2 saturated heterocycles. The molecule has 1 N–H and O–H groups in total. The summed E-state index contributed by atoms with van der Waals surface area (Å²) in [4.78, 5) is 13.6. The predicted octanol–water partition coefficient (Wildman–Crippen LogP) is 1.12. The number of aliphatic hydroxyl groups is 1. The first kappa shape index (κ1) is 14.6. The summed E-state index contributed by atoms with van der Waals surface area (Å²) in [7, 11) is 0. The van der Waals surface area contributed by atoms with E-state index in [1.165, 1.54) is 4.90 Å². The third-order valence-electron chi connectivity index (χ3n) is 3.19. The molecule has 3 atom stereocenters. The molecule has 2 heterocycles. The maximum atomic E-state index is 12.1. The van der Waals surface area contributed by atoms with E-state index >= 15 is 0 Å². The molecule has 0 spiro atoms. The fourth-order valence-corrected chi connectivity index (χ4v) is 2.57. The van der Waals surface area contributed by atoms with Gasteiger partial charge < -0.3 is 19.3 Å². The molecule has 0 saturated carbocycles. The minimum Gasteiger partial charge on any atom is -0.444 e. The van der Waals surface area contributed by atoms with Gasteiger partial charge in [-0.05, 0) is 34.6 Å². The zero-order valence-corrected chi connectivity index (χ0v) is 12.2. The van der Waals surface area contributed by atoms with Gasteiger partial charge in [-0.15, -0.1) is 0 Å². The SMILES string of the molecule is CC(C)(C)OC(=O)N1C[C@@H]2OC(C)(C)O[C@H]2[C@@H]1CO. The molecule has 2 aliphatic heterocycles. The molecule has 6 nitrogen and oxygen atoms in total. The molecule has 19 heavy (non-hydrogen) atoms. The van der Waals surface area contributed by atoms with Crippen molar-refractivity contribution >= 4 is 6.09 Å². The van der Waals surface area contributed by atoms with Crippen LogP contribution in [-0.2, 0) is 14.2 Å². The van der Waals surface area contributed by atoms with Crippen LogP contribution in [0, 0.1) is 0 Å². The molecule has 0 aromatic rings. The van der Waals surface area contributed by atoms with Crippen molar-refractivity contribution in [2.75, 3.05) is 13.2 Å². The van der Waals surface area contributed by atoms with Crippen molar-refractivity contribution in [3.8, 4) is 0 Å². The van der Waals surface area contributed by atoms with Crippen LogP contribution in [-0.4, -0.2) is 58.9 Å². The van der Waals surface area contributed by atoms with Gasteiger partial charge in [0.05, 0.1) is 19.2 Å². The average Bonchev–Trinajstić information content (AvgIpc) is 2.66. The first-order valence-electron chi connectivity index (χ1n) is 6.59. The lowest BCUT2D eigenvalue weighted by Crippen LogP contribution is -2.46. The molecule has 110 valence electrons. The van der Waals surface area contributed by atoms with E-state index in [9.17, 15) is 9.90 Å². The van der Waals surface area contributed by atoms with Crippen LogP contribution in [0.25, 0.3) is 0 Å². The highest BCUT2D eigenvalue weighted by atomic mass is 16.8. The fraction of sp³-hybridized carbons (Fsp3) is 0.923. The highest BCUT2D eigenvalue weighted by Gasteiger charge is 2.54. The van der Waals surface area contributed by atoms with E-state index < -0.39 is 23.5 Å². The number of aliphatic hydroxyl groups excluding tert-OH is 1. The highest BCUT2D eigenvalue weighted by Crippen LogP contribution is 2.37. The summed E-state index contributed by atoms with van der Waals surface area (Å²) in [6, 6.07) is -0.415. The molecule has 0 bridgehead atoms. The molecule has 1 amide bonds. The number of rotatable bonds is 1. The van der Waals surface area contributed by atoms with Crippen LogP contribution in [0.1, 0.15) is 34.6 Å². The second kappa shape index (κ2) is 4.61. The maximum absolute atomic E-state index is 12.1. The van der Waals surface area contributed by atoms with Crippen molar-refractivity contribution in [1.82, 2.24) is 4.90 Å². The first-order chi connectivity index (χ1) is 8.63. The molecule has 0 aliphatic carbocycles. The summed E-state index contributed by atoms with van der Waals surface area (Å²) in [6.45, 7) is 9.31. The van der Waals surface area contributed by atoms with E-state index in [1.807, 2.05) is 34.6 Å². The fourth-order valence-electron chi connectivity index (χ4n) is 2.57. The van der Waals surface area contributed by atoms with Gasteiger partial charge in [-0.25, -0.2) is 4.79 Å². The Hall–Kier alpha value is -0.850. The van der Waals surface area contributed by atoms with E-state index in [2.05, 4.69) is 0 Å². The minimum atomic E-state index is -0.664. The molecule has 0 aromatic heterocycles. The predicted molar refractivity (Wildman–Crippen MR) is 67.6 cm³/mol. The largest absolute Gasteiger partial charge is 0.444 e. The average molecular weight is 273 g/mol. The smallest absolute Gasteiger partial charge is 0.410 e. The molecular weight excluding hydrogens is 250 g/mol. The Morgan fingerprint density at radius 2 is 2.05 bits per heavy atom. The van der Waals surface area contributed by atoms with Crippen LogP contribution < -0.4 is 0 Å². The molecule has 2 aliphatic rings. The van der Waals surface area contributed by atoms with Gasteiger partial charge in [-0.2, -0.15) is 0 Å². The quantitative estimate of drug-likeness (QED) is 0.775. The maximum Gasteiger partial charge on any atom is 0.410 e.